The number of rotatable bonds is 2. The lowest BCUT2D eigenvalue weighted by Crippen LogP contribution is -2.11. The van der Waals surface area contributed by atoms with E-state index in [9.17, 15) is 0 Å². The van der Waals surface area contributed by atoms with Crippen molar-refractivity contribution in [1.29, 1.82) is 0 Å². The van der Waals surface area contributed by atoms with Gasteiger partial charge in [0.05, 0.1) is 6.04 Å². The normalized spacial score (nSPS) is 12.8. The summed E-state index contributed by atoms with van der Waals surface area (Å²) in [6.07, 6.45) is 0. The lowest BCUT2D eigenvalue weighted by molar-refractivity contribution is 0.464. The third kappa shape index (κ3) is 2.57. The lowest BCUT2D eigenvalue weighted by Gasteiger charge is -2.11. The van der Waals surface area contributed by atoms with Crippen LogP contribution >= 0.6 is 27.5 Å². The van der Waals surface area contributed by atoms with Gasteiger partial charge in [-0.05, 0) is 49.2 Å². The molecule has 2 N–H and O–H groups in total. The van der Waals surface area contributed by atoms with Gasteiger partial charge in [0.1, 0.15) is 11.5 Å². The number of hydrogen-bond acceptors (Lipinski definition) is 2. The minimum atomic E-state index is -0.310. The van der Waals surface area contributed by atoms with Crippen LogP contribution in [-0.2, 0) is 0 Å². The summed E-state index contributed by atoms with van der Waals surface area (Å²) in [5.74, 6) is 1.65. The van der Waals surface area contributed by atoms with Crippen molar-refractivity contribution in [2.75, 3.05) is 0 Å². The largest absolute Gasteiger partial charge is 0.464 e. The second-order valence-electron chi connectivity index (χ2n) is 4.03. The van der Waals surface area contributed by atoms with E-state index in [2.05, 4.69) is 15.9 Å². The summed E-state index contributed by atoms with van der Waals surface area (Å²) in [5.41, 5.74) is 8.21. The van der Waals surface area contributed by atoms with E-state index < -0.39 is 0 Å². The average Bonchev–Trinajstić information content (AvgIpc) is 2.62. The van der Waals surface area contributed by atoms with Crippen LogP contribution in [0.25, 0.3) is 0 Å². The molecule has 2 rings (SSSR count). The average molecular weight is 315 g/mol. The fourth-order valence-corrected chi connectivity index (χ4v) is 2.34. The van der Waals surface area contributed by atoms with Crippen molar-refractivity contribution in [3.05, 3.63) is 56.4 Å². The molecule has 0 amide bonds. The Morgan fingerprint density at radius 3 is 2.59 bits per heavy atom. The molecule has 0 bridgehead atoms. The van der Waals surface area contributed by atoms with E-state index in [0.717, 1.165) is 27.1 Å². The summed E-state index contributed by atoms with van der Waals surface area (Å²) in [4.78, 5) is 0. The number of hydrogen-bond donors (Lipinski definition) is 1. The van der Waals surface area contributed by atoms with Crippen molar-refractivity contribution < 1.29 is 4.42 Å². The van der Waals surface area contributed by atoms with Crippen LogP contribution < -0.4 is 5.73 Å². The quantitative estimate of drug-likeness (QED) is 0.894. The molecule has 0 spiro atoms. The first-order chi connectivity index (χ1) is 7.99. The van der Waals surface area contributed by atoms with E-state index in [0.29, 0.717) is 5.02 Å². The minimum Gasteiger partial charge on any atom is -0.464 e. The number of furan rings is 1. The third-order valence-electron chi connectivity index (χ3n) is 2.78. The predicted octanol–water partition coefficient (Wildman–Crippen LogP) is 4.36. The molecule has 17 heavy (non-hydrogen) atoms. The molecule has 1 aromatic carbocycles. The van der Waals surface area contributed by atoms with Crippen LogP contribution in [0, 0.1) is 13.8 Å². The van der Waals surface area contributed by atoms with Crippen LogP contribution in [0.3, 0.4) is 0 Å². The fraction of sp³-hybridized carbons (Fsp3) is 0.231. The highest BCUT2D eigenvalue weighted by Gasteiger charge is 2.17. The van der Waals surface area contributed by atoms with E-state index in [1.807, 2.05) is 38.1 Å². The van der Waals surface area contributed by atoms with Gasteiger partial charge in [-0.15, -0.1) is 0 Å². The van der Waals surface area contributed by atoms with E-state index >= 15 is 0 Å². The van der Waals surface area contributed by atoms with Crippen molar-refractivity contribution in [3.63, 3.8) is 0 Å². The summed E-state index contributed by atoms with van der Waals surface area (Å²) < 4.78 is 6.57. The number of halogens is 2. The molecule has 90 valence electrons. The molecule has 0 saturated heterocycles. The standard InChI is InChI=1S/C13H13BrClNO/c1-7-5-12(17-8(7)2)13(16)10-6-9(15)3-4-11(10)14/h3-6,13H,16H2,1-2H3. The smallest absolute Gasteiger partial charge is 0.125 e. The van der Waals surface area contributed by atoms with Gasteiger partial charge in [0.15, 0.2) is 0 Å². The molecular weight excluding hydrogens is 302 g/mol. The Labute approximate surface area is 114 Å². The Morgan fingerprint density at radius 1 is 1.29 bits per heavy atom. The highest BCUT2D eigenvalue weighted by atomic mass is 79.9. The van der Waals surface area contributed by atoms with Gasteiger partial charge < -0.3 is 10.2 Å². The monoisotopic (exact) mass is 313 g/mol. The van der Waals surface area contributed by atoms with Crippen LogP contribution in [-0.4, -0.2) is 0 Å². The van der Waals surface area contributed by atoms with Crippen molar-refractivity contribution in [2.24, 2.45) is 5.73 Å². The van der Waals surface area contributed by atoms with Crippen molar-refractivity contribution in [3.8, 4) is 0 Å². The van der Waals surface area contributed by atoms with Crippen molar-refractivity contribution in [1.82, 2.24) is 0 Å². The van der Waals surface area contributed by atoms with Gasteiger partial charge in [-0.1, -0.05) is 27.5 Å². The first kappa shape index (κ1) is 12.7. The molecule has 0 aliphatic heterocycles. The molecule has 1 aromatic heterocycles. The van der Waals surface area contributed by atoms with E-state index in [1.165, 1.54) is 0 Å². The van der Waals surface area contributed by atoms with E-state index in [1.54, 1.807) is 0 Å². The molecular formula is C13H13BrClNO. The molecule has 0 aliphatic rings. The Morgan fingerprint density at radius 2 is 2.00 bits per heavy atom. The second-order valence-corrected chi connectivity index (χ2v) is 5.32. The van der Waals surface area contributed by atoms with Gasteiger partial charge in [-0.3, -0.25) is 0 Å². The van der Waals surface area contributed by atoms with Crippen LogP contribution in [0.2, 0.25) is 5.02 Å². The Bertz CT molecular complexity index is 531. The van der Waals surface area contributed by atoms with Gasteiger partial charge in [0, 0.05) is 9.50 Å². The highest BCUT2D eigenvalue weighted by molar-refractivity contribution is 9.10. The lowest BCUT2D eigenvalue weighted by atomic mass is 10.1. The predicted molar refractivity (Wildman–Crippen MR) is 73.4 cm³/mol. The molecule has 1 heterocycles. The Balaban J connectivity index is 2.42. The molecule has 1 atom stereocenters. The molecule has 2 aromatic rings. The minimum absolute atomic E-state index is 0.310. The second kappa shape index (κ2) is 4.84. The summed E-state index contributed by atoms with van der Waals surface area (Å²) in [7, 11) is 0. The zero-order valence-corrected chi connectivity index (χ0v) is 12.0. The highest BCUT2D eigenvalue weighted by Crippen LogP contribution is 2.31. The maximum absolute atomic E-state index is 6.19. The van der Waals surface area contributed by atoms with Crippen LogP contribution in [0.4, 0.5) is 0 Å². The molecule has 1 unspecified atom stereocenters. The van der Waals surface area contributed by atoms with Gasteiger partial charge in [-0.2, -0.15) is 0 Å². The zero-order valence-electron chi connectivity index (χ0n) is 9.63. The van der Waals surface area contributed by atoms with E-state index in [4.69, 9.17) is 21.8 Å². The Hall–Kier alpha value is -0.770. The maximum Gasteiger partial charge on any atom is 0.125 e. The van der Waals surface area contributed by atoms with Gasteiger partial charge >= 0.3 is 0 Å². The van der Waals surface area contributed by atoms with Crippen molar-refractivity contribution >= 4 is 27.5 Å². The molecule has 4 heteroatoms. The maximum atomic E-state index is 6.19. The molecule has 0 saturated carbocycles. The van der Waals surface area contributed by atoms with Gasteiger partial charge in [0.25, 0.3) is 0 Å². The number of aryl methyl sites for hydroxylation is 2. The SMILES string of the molecule is Cc1cc(C(N)c2cc(Cl)ccc2Br)oc1C. The molecule has 0 radical (unpaired) electrons. The van der Waals surface area contributed by atoms with Gasteiger partial charge in [-0.25, -0.2) is 0 Å². The van der Waals surface area contributed by atoms with E-state index in [-0.39, 0.29) is 6.04 Å². The summed E-state index contributed by atoms with van der Waals surface area (Å²) in [6.45, 7) is 3.93. The van der Waals surface area contributed by atoms with Crippen LogP contribution in [0.5, 0.6) is 0 Å². The first-order valence-electron chi connectivity index (χ1n) is 5.26. The Kier molecular flexibility index (Phi) is 3.61. The molecule has 0 fully saturated rings. The molecule has 0 aliphatic carbocycles. The molecule has 2 nitrogen and oxygen atoms in total. The number of benzene rings is 1. The first-order valence-corrected chi connectivity index (χ1v) is 6.43. The van der Waals surface area contributed by atoms with Crippen LogP contribution in [0.15, 0.2) is 33.2 Å². The zero-order chi connectivity index (χ0) is 12.6. The van der Waals surface area contributed by atoms with Crippen LogP contribution in [0.1, 0.15) is 28.7 Å². The third-order valence-corrected chi connectivity index (χ3v) is 3.74. The summed E-state index contributed by atoms with van der Waals surface area (Å²) in [6, 6.07) is 7.22. The topological polar surface area (TPSA) is 39.2 Å². The summed E-state index contributed by atoms with van der Waals surface area (Å²) >= 11 is 9.45. The number of nitrogens with two attached hydrogens (primary N) is 1. The fourth-order valence-electron chi connectivity index (χ4n) is 1.66. The summed E-state index contributed by atoms with van der Waals surface area (Å²) in [5, 5.41) is 0.665. The van der Waals surface area contributed by atoms with Crippen molar-refractivity contribution in [2.45, 2.75) is 19.9 Å². The van der Waals surface area contributed by atoms with Gasteiger partial charge in [0.2, 0.25) is 0 Å².